The van der Waals surface area contributed by atoms with Crippen LogP contribution in [0.2, 0.25) is 0 Å². The molecule has 0 aliphatic carbocycles. The van der Waals surface area contributed by atoms with E-state index in [0.717, 1.165) is 43.9 Å². The molecule has 2 heterocycles. The first-order valence-electron chi connectivity index (χ1n) is 10.2. The van der Waals surface area contributed by atoms with Crippen molar-refractivity contribution < 1.29 is 23.0 Å². The second-order valence-electron chi connectivity index (χ2n) is 7.31. The molecule has 1 aromatic heterocycles. The van der Waals surface area contributed by atoms with Crippen molar-refractivity contribution in [2.75, 3.05) is 32.8 Å². The fourth-order valence-corrected chi connectivity index (χ4v) is 3.38. The molecule has 0 amide bonds. The lowest BCUT2D eigenvalue weighted by atomic mass is 9.96. The van der Waals surface area contributed by atoms with E-state index in [9.17, 15) is 18.3 Å². The molecule has 178 valence electrons. The number of aromatic amines is 1. The average Bonchev–Trinajstić information content (AvgIpc) is 3.30. The number of aromatic nitrogens is 3. The standard InChI is InChI=1S/C20H27F3N6O2.HI/c1-2-24-19(29-9-7-14(8-10-29)18-26-13-27-28-18)25-11-16(30)12-31-17-5-3-15(4-6-17)20(21,22)23;/h3-6,13-14,16,30H,2,7-12H2,1H3,(H,24,25)(H,26,27,28);1H. The number of aliphatic hydroxyl groups excluding tert-OH is 1. The molecule has 1 unspecified atom stereocenters. The number of aliphatic hydroxyl groups is 1. The number of halogens is 4. The highest BCUT2D eigenvalue weighted by Crippen LogP contribution is 2.30. The Morgan fingerprint density at radius 1 is 1.31 bits per heavy atom. The predicted octanol–water partition coefficient (Wildman–Crippen LogP) is 3.03. The van der Waals surface area contributed by atoms with E-state index in [1.54, 1.807) is 0 Å². The van der Waals surface area contributed by atoms with Crippen LogP contribution in [-0.4, -0.2) is 70.0 Å². The predicted molar refractivity (Wildman–Crippen MR) is 124 cm³/mol. The molecular weight excluding hydrogens is 540 g/mol. The summed E-state index contributed by atoms with van der Waals surface area (Å²) in [6, 6.07) is 4.38. The summed E-state index contributed by atoms with van der Waals surface area (Å²) >= 11 is 0. The first-order chi connectivity index (χ1) is 14.9. The number of guanidine groups is 1. The minimum absolute atomic E-state index is 0. The number of benzene rings is 1. The van der Waals surface area contributed by atoms with Gasteiger partial charge in [0.25, 0.3) is 0 Å². The van der Waals surface area contributed by atoms with E-state index in [4.69, 9.17) is 4.74 Å². The Morgan fingerprint density at radius 2 is 2.00 bits per heavy atom. The maximum Gasteiger partial charge on any atom is 0.416 e. The number of likely N-dealkylation sites (tertiary alicyclic amines) is 1. The van der Waals surface area contributed by atoms with E-state index in [1.165, 1.54) is 18.5 Å². The second kappa shape index (κ2) is 12.2. The summed E-state index contributed by atoms with van der Waals surface area (Å²) in [6.07, 6.45) is -1.93. The maximum absolute atomic E-state index is 12.6. The molecule has 0 radical (unpaired) electrons. The fraction of sp³-hybridized carbons (Fsp3) is 0.550. The number of piperidine rings is 1. The van der Waals surface area contributed by atoms with Crippen LogP contribution in [0.3, 0.4) is 0 Å². The molecule has 1 aliphatic heterocycles. The van der Waals surface area contributed by atoms with Gasteiger partial charge in [-0.25, -0.2) is 4.98 Å². The smallest absolute Gasteiger partial charge is 0.416 e. The molecule has 0 saturated carbocycles. The van der Waals surface area contributed by atoms with E-state index in [1.807, 2.05) is 6.92 Å². The Balaban J connectivity index is 0.00000363. The van der Waals surface area contributed by atoms with Gasteiger partial charge in [0, 0.05) is 25.6 Å². The van der Waals surface area contributed by atoms with Gasteiger partial charge in [0.2, 0.25) is 0 Å². The van der Waals surface area contributed by atoms with Crippen molar-refractivity contribution in [3.63, 3.8) is 0 Å². The summed E-state index contributed by atoms with van der Waals surface area (Å²) in [5, 5.41) is 20.3. The zero-order chi connectivity index (χ0) is 22.3. The molecule has 1 aliphatic rings. The summed E-state index contributed by atoms with van der Waals surface area (Å²) in [5.41, 5.74) is -0.743. The average molecular weight is 568 g/mol. The van der Waals surface area contributed by atoms with Crippen LogP contribution in [0.4, 0.5) is 13.2 Å². The molecule has 0 spiro atoms. The molecule has 32 heavy (non-hydrogen) atoms. The Kier molecular flexibility index (Phi) is 10.0. The normalized spacial score (nSPS) is 16.4. The number of nitrogens with one attached hydrogen (secondary N) is 2. The Morgan fingerprint density at radius 3 is 2.56 bits per heavy atom. The monoisotopic (exact) mass is 568 g/mol. The van der Waals surface area contributed by atoms with Crippen molar-refractivity contribution in [2.45, 2.75) is 38.0 Å². The second-order valence-corrected chi connectivity index (χ2v) is 7.31. The van der Waals surface area contributed by atoms with Crippen molar-refractivity contribution in [1.29, 1.82) is 0 Å². The Labute approximate surface area is 201 Å². The third kappa shape index (κ3) is 7.50. The number of hydrogen-bond acceptors (Lipinski definition) is 5. The third-order valence-electron chi connectivity index (χ3n) is 5.03. The highest BCUT2D eigenvalue weighted by atomic mass is 127. The number of alkyl halides is 3. The van der Waals surface area contributed by atoms with Gasteiger partial charge in [-0.2, -0.15) is 18.3 Å². The van der Waals surface area contributed by atoms with E-state index >= 15 is 0 Å². The lowest BCUT2D eigenvalue weighted by Gasteiger charge is -2.33. The minimum atomic E-state index is -4.39. The van der Waals surface area contributed by atoms with Crippen LogP contribution in [-0.2, 0) is 6.18 Å². The molecular formula is C20H28F3IN6O2. The Bertz CT molecular complexity index is 825. The number of H-pyrrole nitrogens is 1. The number of rotatable bonds is 7. The van der Waals surface area contributed by atoms with Crippen LogP contribution in [0.1, 0.15) is 37.1 Å². The summed E-state index contributed by atoms with van der Waals surface area (Å²) in [7, 11) is 0. The van der Waals surface area contributed by atoms with E-state index in [0.29, 0.717) is 18.4 Å². The first-order valence-corrected chi connectivity index (χ1v) is 10.2. The lowest BCUT2D eigenvalue weighted by Crippen LogP contribution is -2.45. The number of hydrogen-bond donors (Lipinski definition) is 3. The first kappa shape index (κ1) is 26.2. The molecule has 3 N–H and O–H groups in total. The molecule has 1 aromatic carbocycles. The van der Waals surface area contributed by atoms with E-state index in [2.05, 4.69) is 30.4 Å². The molecule has 1 fully saturated rings. The zero-order valence-corrected chi connectivity index (χ0v) is 20.0. The SMILES string of the molecule is CCNC(=NCC(O)COc1ccc(C(F)(F)F)cc1)N1CCC(c2ncn[nH]2)CC1.I. The van der Waals surface area contributed by atoms with E-state index in [-0.39, 0.29) is 42.9 Å². The fourth-order valence-electron chi connectivity index (χ4n) is 3.38. The molecule has 1 atom stereocenters. The van der Waals surface area contributed by atoms with Crippen LogP contribution in [0, 0.1) is 0 Å². The number of ether oxygens (including phenoxy) is 1. The van der Waals surface area contributed by atoms with Crippen LogP contribution in [0.25, 0.3) is 0 Å². The van der Waals surface area contributed by atoms with Gasteiger partial charge in [0.15, 0.2) is 5.96 Å². The molecule has 2 aromatic rings. The quantitative estimate of drug-likeness (QED) is 0.270. The number of aliphatic imine (C=N–C) groups is 1. The lowest BCUT2D eigenvalue weighted by molar-refractivity contribution is -0.137. The summed E-state index contributed by atoms with van der Waals surface area (Å²) in [6.45, 7) is 4.32. The molecule has 8 nitrogen and oxygen atoms in total. The van der Waals surface area contributed by atoms with E-state index < -0.39 is 17.8 Å². The van der Waals surface area contributed by atoms with Gasteiger partial charge in [-0.15, -0.1) is 24.0 Å². The third-order valence-corrected chi connectivity index (χ3v) is 5.03. The Hall–Kier alpha value is -2.09. The summed E-state index contributed by atoms with van der Waals surface area (Å²) in [4.78, 5) is 10.9. The molecule has 1 saturated heterocycles. The minimum Gasteiger partial charge on any atom is -0.491 e. The van der Waals surface area contributed by atoms with Gasteiger partial charge in [0.05, 0.1) is 12.1 Å². The van der Waals surface area contributed by atoms with Crippen molar-refractivity contribution in [3.8, 4) is 5.75 Å². The molecule has 12 heteroatoms. The van der Waals surface area contributed by atoms with Crippen molar-refractivity contribution in [1.82, 2.24) is 25.4 Å². The van der Waals surface area contributed by atoms with Crippen LogP contribution < -0.4 is 10.1 Å². The van der Waals surface area contributed by atoms with Crippen molar-refractivity contribution >= 4 is 29.9 Å². The number of nitrogens with zero attached hydrogens (tertiary/aromatic N) is 4. The van der Waals surface area contributed by atoms with Gasteiger partial charge in [-0.3, -0.25) is 10.1 Å². The zero-order valence-electron chi connectivity index (χ0n) is 17.7. The highest BCUT2D eigenvalue weighted by Gasteiger charge is 2.30. The maximum atomic E-state index is 12.6. The van der Waals surface area contributed by atoms with Crippen molar-refractivity contribution in [3.05, 3.63) is 42.0 Å². The van der Waals surface area contributed by atoms with Crippen LogP contribution in [0.15, 0.2) is 35.6 Å². The highest BCUT2D eigenvalue weighted by molar-refractivity contribution is 14.0. The van der Waals surface area contributed by atoms with Crippen LogP contribution >= 0.6 is 24.0 Å². The van der Waals surface area contributed by atoms with Gasteiger partial charge in [-0.05, 0) is 44.0 Å². The summed E-state index contributed by atoms with van der Waals surface area (Å²) < 4.78 is 43.2. The summed E-state index contributed by atoms with van der Waals surface area (Å²) in [5.74, 6) is 2.21. The van der Waals surface area contributed by atoms with Crippen molar-refractivity contribution in [2.24, 2.45) is 4.99 Å². The van der Waals surface area contributed by atoms with Gasteiger partial charge >= 0.3 is 6.18 Å². The van der Waals surface area contributed by atoms with Crippen LogP contribution in [0.5, 0.6) is 5.75 Å². The van der Waals surface area contributed by atoms with Gasteiger partial charge in [-0.1, -0.05) is 0 Å². The largest absolute Gasteiger partial charge is 0.491 e. The van der Waals surface area contributed by atoms with Gasteiger partial charge < -0.3 is 20.1 Å². The van der Waals surface area contributed by atoms with Gasteiger partial charge in [0.1, 0.15) is 30.6 Å². The topological polar surface area (TPSA) is 98.7 Å². The molecule has 0 bridgehead atoms. The molecule has 3 rings (SSSR count).